The lowest BCUT2D eigenvalue weighted by atomic mass is 10.0. The van der Waals surface area contributed by atoms with E-state index in [-0.39, 0.29) is 11.9 Å². The lowest BCUT2D eigenvalue weighted by Gasteiger charge is -2.35. The summed E-state index contributed by atoms with van der Waals surface area (Å²) in [5, 5.41) is 6.22. The molecule has 1 atom stereocenters. The molecule has 4 rings (SSSR count). The molecule has 2 aromatic carbocycles. The van der Waals surface area contributed by atoms with Gasteiger partial charge >= 0.3 is 0 Å². The van der Waals surface area contributed by atoms with E-state index in [1.807, 2.05) is 30.3 Å². The number of anilines is 2. The maximum Gasteiger partial charge on any atom is 0.251 e. The Morgan fingerprint density at radius 1 is 1.00 bits per heavy atom. The SMILES string of the molecule is O=C(NCC(c1ccccc1)N1CCOCC1)c1cccc(Nc2ncccn2)c1. The van der Waals surface area contributed by atoms with Crippen molar-refractivity contribution in [3.8, 4) is 0 Å². The minimum Gasteiger partial charge on any atom is -0.379 e. The van der Waals surface area contributed by atoms with E-state index >= 15 is 0 Å². The standard InChI is InChI=1S/C23H25N5O2/c29-22(19-8-4-9-20(16-19)27-23-24-10-5-11-25-23)26-17-21(18-6-2-1-3-7-18)28-12-14-30-15-13-28/h1-11,16,21H,12-15,17H2,(H,26,29)(H,24,25,27). The maximum absolute atomic E-state index is 12.9. The zero-order chi connectivity index (χ0) is 20.6. The van der Waals surface area contributed by atoms with Gasteiger partial charge in [-0.1, -0.05) is 36.4 Å². The Balaban J connectivity index is 1.43. The van der Waals surface area contributed by atoms with Gasteiger partial charge in [-0.05, 0) is 29.8 Å². The molecule has 1 aliphatic rings. The number of nitrogens with one attached hydrogen (secondary N) is 2. The number of hydrogen-bond acceptors (Lipinski definition) is 6. The van der Waals surface area contributed by atoms with E-state index < -0.39 is 0 Å². The van der Waals surface area contributed by atoms with Gasteiger partial charge in [-0.15, -0.1) is 0 Å². The van der Waals surface area contributed by atoms with Crippen molar-refractivity contribution in [2.24, 2.45) is 0 Å². The molecule has 3 aromatic rings. The summed E-state index contributed by atoms with van der Waals surface area (Å²) < 4.78 is 5.50. The number of ether oxygens (including phenoxy) is 1. The Morgan fingerprint density at radius 2 is 1.77 bits per heavy atom. The van der Waals surface area contributed by atoms with E-state index in [0.29, 0.717) is 31.3 Å². The molecule has 2 N–H and O–H groups in total. The van der Waals surface area contributed by atoms with Crippen LogP contribution in [0.3, 0.4) is 0 Å². The molecule has 1 fully saturated rings. The van der Waals surface area contributed by atoms with Crippen LogP contribution in [0, 0.1) is 0 Å². The number of carbonyl (C=O) groups is 1. The van der Waals surface area contributed by atoms with Crippen LogP contribution < -0.4 is 10.6 Å². The van der Waals surface area contributed by atoms with Gasteiger partial charge in [-0.2, -0.15) is 0 Å². The Hall–Kier alpha value is -3.29. The minimum absolute atomic E-state index is 0.109. The van der Waals surface area contributed by atoms with Crippen LogP contribution in [0.1, 0.15) is 22.0 Å². The summed E-state index contributed by atoms with van der Waals surface area (Å²) in [6.45, 7) is 3.67. The number of aromatic nitrogens is 2. The highest BCUT2D eigenvalue weighted by Crippen LogP contribution is 2.21. The Morgan fingerprint density at radius 3 is 2.53 bits per heavy atom. The van der Waals surface area contributed by atoms with E-state index in [1.165, 1.54) is 5.56 Å². The van der Waals surface area contributed by atoms with Crippen LogP contribution in [0.5, 0.6) is 0 Å². The summed E-state index contributed by atoms with van der Waals surface area (Å²) >= 11 is 0. The van der Waals surface area contributed by atoms with E-state index in [9.17, 15) is 4.79 Å². The molecule has 7 heteroatoms. The molecule has 2 heterocycles. The van der Waals surface area contributed by atoms with Gasteiger partial charge in [0.1, 0.15) is 0 Å². The molecule has 7 nitrogen and oxygen atoms in total. The first-order valence-corrected chi connectivity index (χ1v) is 10.1. The quantitative estimate of drug-likeness (QED) is 0.631. The smallest absolute Gasteiger partial charge is 0.251 e. The molecule has 1 unspecified atom stereocenters. The molecule has 30 heavy (non-hydrogen) atoms. The number of morpholine rings is 1. The molecule has 1 saturated heterocycles. The van der Waals surface area contributed by atoms with Gasteiger partial charge in [-0.25, -0.2) is 9.97 Å². The third-order valence-electron chi connectivity index (χ3n) is 5.07. The van der Waals surface area contributed by atoms with Crippen LogP contribution in [0.15, 0.2) is 73.1 Å². The molecule has 154 valence electrons. The van der Waals surface area contributed by atoms with Crippen molar-refractivity contribution in [3.05, 3.63) is 84.2 Å². The molecule has 0 spiro atoms. The van der Waals surface area contributed by atoms with E-state index in [0.717, 1.165) is 18.8 Å². The van der Waals surface area contributed by atoms with E-state index in [2.05, 4.69) is 37.6 Å². The highest BCUT2D eigenvalue weighted by molar-refractivity contribution is 5.95. The highest BCUT2D eigenvalue weighted by atomic mass is 16.5. The van der Waals surface area contributed by atoms with E-state index in [1.54, 1.807) is 30.6 Å². The third-order valence-corrected chi connectivity index (χ3v) is 5.07. The minimum atomic E-state index is -0.109. The predicted octanol–water partition coefficient (Wildman–Crippen LogP) is 3.02. The fourth-order valence-electron chi connectivity index (χ4n) is 3.54. The molecule has 0 radical (unpaired) electrons. The van der Waals surface area contributed by atoms with Crippen molar-refractivity contribution in [1.82, 2.24) is 20.2 Å². The average Bonchev–Trinajstić information content (AvgIpc) is 2.81. The highest BCUT2D eigenvalue weighted by Gasteiger charge is 2.23. The van der Waals surface area contributed by atoms with Gasteiger partial charge in [0.05, 0.1) is 19.3 Å². The fraction of sp³-hybridized carbons (Fsp3) is 0.261. The van der Waals surface area contributed by atoms with Crippen LogP contribution >= 0.6 is 0 Å². The van der Waals surface area contributed by atoms with Gasteiger partial charge in [0, 0.05) is 43.3 Å². The summed E-state index contributed by atoms with van der Waals surface area (Å²) in [5.74, 6) is 0.383. The van der Waals surface area contributed by atoms with Crippen molar-refractivity contribution in [2.75, 3.05) is 38.2 Å². The molecular weight excluding hydrogens is 378 g/mol. The van der Waals surface area contributed by atoms with Crippen molar-refractivity contribution in [2.45, 2.75) is 6.04 Å². The summed E-state index contributed by atoms with van der Waals surface area (Å²) in [4.78, 5) is 23.5. The van der Waals surface area contributed by atoms with Crippen molar-refractivity contribution >= 4 is 17.5 Å². The summed E-state index contributed by atoms with van der Waals surface area (Å²) in [5.41, 5.74) is 2.54. The number of amides is 1. The number of benzene rings is 2. The summed E-state index contributed by atoms with van der Waals surface area (Å²) in [6.07, 6.45) is 3.34. The van der Waals surface area contributed by atoms with E-state index in [4.69, 9.17) is 4.74 Å². The lowest BCUT2D eigenvalue weighted by molar-refractivity contribution is 0.0162. The molecule has 0 bridgehead atoms. The Bertz CT molecular complexity index is 946. The zero-order valence-corrected chi connectivity index (χ0v) is 16.7. The van der Waals surface area contributed by atoms with Gasteiger partial charge in [0.2, 0.25) is 5.95 Å². The zero-order valence-electron chi connectivity index (χ0n) is 16.7. The van der Waals surface area contributed by atoms with Crippen molar-refractivity contribution < 1.29 is 9.53 Å². The maximum atomic E-state index is 12.9. The first kappa shape index (κ1) is 20.0. The second kappa shape index (κ2) is 9.96. The second-order valence-corrected chi connectivity index (χ2v) is 7.06. The number of nitrogens with zero attached hydrogens (tertiary/aromatic N) is 3. The molecule has 1 aromatic heterocycles. The van der Waals surface area contributed by atoms with Crippen LogP contribution in [0.25, 0.3) is 0 Å². The largest absolute Gasteiger partial charge is 0.379 e. The Kier molecular flexibility index (Phi) is 6.64. The molecule has 1 amide bonds. The van der Waals surface area contributed by atoms with Crippen LogP contribution in [-0.2, 0) is 4.74 Å². The van der Waals surface area contributed by atoms with Crippen molar-refractivity contribution in [1.29, 1.82) is 0 Å². The number of carbonyl (C=O) groups excluding carboxylic acids is 1. The second-order valence-electron chi connectivity index (χ2n) is 7.06. The third kappa shape index (κ3) is 5.20. The van der Waals surface area contributed by atoms with Crippen LogP contribution in [0.2, 0.25) is 0 Å². The first-order valence-electron chi connectivity index (χ1n) is 10.1. The average molecular weight is 403 g/mol. The molecule has 0 aliphatic carbocycles. The topological polar surface area (TPSA) is 79.4 Å². The van der Waals surface area contributed by atoms with Gasteiger partial charge in [0.15, 0.2) is 0 Å². The summed E-state index contributed by atoms with van der Waals surface area (Å²) in [7, 11) is 0. The number of rotatable bonds is 7. The predicted molar refractivity (Wildman–Crippen MR) is 116 cm³/mol. The number of hydrogen-bond donors (Lipinski definition) is 2. The van der Waals surface area contributed by atoms with Gasteiger partial charge in [0.25, 0.3) is 5.91 Å². The van der Waals surface area contributed by atoms with Gasteiger partial charge in [-0.3, -0.25) is 9.69 Å². The van der Waals surface area contributed by atoms with Crippen LogP contribution in [-0.4, -0.2) is 53.6 Å². The lowest BCUT2D eigenvalue weighted by Crippen LogP contribution is -2.43. The van der Waals surface area contributed by atoms with Gasteiger partial charge < -0.3 is 15.4 Å². The molecular formula is C23H25N5O2. The normalized spacial score (nSPS) is 15.3. The monoisotopic (exact) mass is 403 g/mol. The first-order chi connectivity index (χ1) is 14.8. The van der Waals surface area contributed by atoms with Crippen molar-refractivity contribution in [3.63, 3.8) is 0 Å². The molecule has 0 saturated carbocycles. The molecule has 1 aliphatic heterocycles. The fourth-order valence-corrected chi connectivity index (χ4v) is 3.54. The van der Waals surface area contributed by atoms with Crippen LogP contribution in [0.4, 0.5) is 11.6 Å². The Labute approximate surface area is 176 Å². The summed E-state index contributed by atoms with van der Waals surface area (Å²) in [6, 6.07) is 19.5.